The molecule has 0 bridgehead atoms. The maximum Gasteiger partial charge on any atom is 0.326 e. The van der Waals surface area contributed by atoms with Crippen LogP contribution in [0.15, 0.2) is 18.2 Å². The molecular weight excluding hydrogens is 290 g/mol. The van der Waals surface area contributed by atoms with E-state index in [4.69, 9.17) is 21.0 Å². The highest BCUT2D eigenvalue weighted by Gasteiger charge is 2.19. The van der Waals surface area contributed by atoms with Crippen molar-refractivity contribution < 1.29 is 19.2 Å². The molecule has 4 N–H and O–H groups in total. The molecule has 2 aromatic rings. The number of esters is 1. The lowest BCUT2D eigenvalue weighted by Crippen LogP contribution is -2.38. The zero-order valence-corrected chi connectivity index (χ0v) is 12.2. The number of primary amides is 1. The molecule has 0 saturated carbocycles. The second-order valence-corrected chi connectivity index (χ2v) is 5.01. The third kappa shape index (κ3) is 3.31. The number of carbonyl (C=O) groups excluding carboxylic acids is 2. The minimum atomic E-state index is -0.724. The first-order valence-corrected chi connectivity index (χ1v) is 6.61. The van der Waals surface area contributed by atoms with Gasteiger partial charge in [0.15, 0.2) is 0 Å². The van der Waals surface area contributed by atoms with Crippen LogP contribution in [-0.2, 0) is 9.53 Å². The van der Waals surface area contributed by atoms with E-state index in [1.807, 2.05) is 13.8 Å². The van der Waals surface area contributed by atoms with E-state index in [0.29, 0.717) is 16.6 Å². The fourth-order valence-electron chi connectivity index (χ4n) is 1.65. The Bertz CT molecular complexity index is 697. The molecule has 9 nitrogen and oxygen atoms in total. The van der Waals surface area contributed by atoms with Crippen LogP contribution in [0.2, 0.25) is 0 Å². The lowest BCUT2D eigenvalue weighted by molar-refractivity contribution is -0.160. The molecule has 9 heteroatoms. The molecule has 0 radical (unpaired) electrons. The third-order valence-electron chi connectivity index (χ3n) is 3.07. The van der Waals surface area contributed by atoms with Gasteiger partial charge >= 0.3 is 5.97 Å². The maximum atomic E-state index is 11.6. The standard InChI is InChI=1S/C13H17N5O4/c1-7(2)11(14)13(20)21-6-22-18-10-5-8(12(15)19)3-4-9(10)16-17-18/h3-5,7,11H,6,14H2,1-2H3,(H2,15,19)/t11-/m1/s1. The Balaban J connectivity index is 2.04. The number of nitrogens with two attached hydrogens (primary N) is 2. The predicted molar refractivity (Wildman–Crippen MR) is 76.4 cm³/mol. The highest BCUT2D eigenvalue weighted by Crippen LogP contribution is 2.12. The van der Waals surface area contributed by atoms with Gasteiger partial charge in [0.25, 0.3) is 6.79 Å². The monoisotopic (exact) mass is 307 g/mol. The van der Waals surface area contributed by atoms with Crippen molar-refractivity contribution in [1.82, 2.24) is 15.2 Å². The minimum Gasteiger partial charge on any atom is -0.425 e. The molecule has 1 atom stereocenters. The SMILES string of the molecule is CC(C)[C@@H](N)C(=O)OCOn1nnc2ccc(C(N)=O)cc21. The van der Waals surface area contributed by atoms with Crippen LogP contribution >= 0.6 is 0 Å². The number of amides is 1. The van der Waals surface area contributed by atoms with Crippen molar-refractivity contribution in [2.45, 2.75) is 19.9 Å². The number of hydrogen-bond donors (Lipinski definition) is 2. The first kappa shape index (κ1) is 15.7. The number of nitrogens with zero attached hydrogens (tertiary/aromatic N) is 3. The largest absolute Gasteiger partial charge is 0.425 e. The van der Waals surface area contributed by atoms with Gasteiger partial charge in [0.1, 0.15) is 17.1 Å². The molecule has 118 valence electrons. The van der Waals surface area contributed by atoms with Crippen molar-refractivity contribution in [2.75, 3.05) is 6.79 Å². The van der Waals surface area contributed by atoms with Gasteiger partial charge in [-0.05, 0) is 29.3 Å². The molecule has 1 aromatic carbocycles. The summed E-state index contributed by atoms with van der Waals surface area (Å²) in [6.07, 6.45) is 0. The Morgan fingerprint density at radius 3 is 2.73 bits per heavy atom. The Kier molecular flexibility index (Phi) is 4.56. The molecule has 0 aliphatic heterocycles. The van der Waals surface area contributed by atoms with Crippen LogP contribution in [0.25, 0.3) is 11.0 Å². The van der Waals surface area contributed by atoms with Crippen LogP contribution in [0, 0.1) is 5.92 Å². The van der Waals surface area contributed by atoms with E-state index in [0.717, 1.165) is 4.85 Å². The van der Waals surface area contributed by atoms with Crippen molar-refractivity contribution in [2.24, 2.45) is 17.4 Å². The Morgan fingerprint density at radius 1 is 1.36 bits per heavy atom. The smallest absolute Gasteiger partial charge is 0.326 e. The summed E-state index contributed by atoms with van der Waals surface area (Å²) in [6.45, 7) is 3.24. The highest BCUT2D eigenvalue weighted by atomic mass is 16.8. The van der Waals surface area contributed by atoms with E-state index >= 15 is 0 Å². The van der Waals surface area contributed by atoms with Crippen LogP contribution < -0.4 is 16.3 Å². The molecule has 0 unspecified atom stereocenters. The summed E-state index contributed by atoms with van der Waals surface area (Å²) in [7, 11) is 0. The molecule has 22 heavy (non-hydrogen) atoms. The average Bonchev–Trinajstić information content (AvgIpc) is 2.88. The summed E-state index contributed by atoms with van der Waals surface area (Å²) in [5.41, 5.74) is 12.1. The number of aromatic nitrogens is 3. The third-order valence-corrected chi connectivity index (χ3v) is 3.07. The molecule has 1 amide bonds. The number of rotatable bonds is 6. The van der Waals surface area contributed by atoms with E-state index in [-0.39, 0.29) is 12.7 Å². The van der Waals surface area contributed by atoms with Crippen molar-refractivity contribution in [1.29, 1.82) is 0 Å². The summed E-state index contributed by atoms with van der Waals surface area (Å²) < 4.78 is 4.90. The second-order valence-electron chi connectivity index (χ2n) is 5.01. The Hall–Kier alpha value is -2.68. The summed E-state index contributed by atoms with van der Waals surface area (Å²) in [5, 5.41) is 7.59. The summed E-state index contributed by atoms with van der Waals surface area (Å²) in [4.78, 5) is 29.0. The number of ether oxygens (including phenoxy) is 1. The molecule has 1 heterocycles. The van der Waals surface area contributed by atoms with Crippen molar-refractivity contribution in [3.63, 3.8) is 0 Å². The van der Waals surface area contributed by atoms with Gasteiger partial charge in [-0.1, -0.05) is 18.7 Å². The lowest BCUT2D eigenvalue weighted by atomic mass is 10.1. The van der Waals surface area contributed by atoms with Crippen LogP contribution in [-0.4, -0.2) is 39.9 Å². The van der Waals surface area contributed by atoms with Gasteiger partial charge in [-0.2, -0.15) is 0 Å². The topological polar surface area (TPSA) is 135 Å². The molecule has 0 fully saturated rings. The summed E-state index contributed by atoms with van der Waals surface area (Å²) in [6, 6.07) is 3.88. The van der Waals surface area contributed by atoms with E-state index in [1.165, 1.54) is 12.1 Å². The Morgan fingerprint density at radius 2 is 2.09 bits per heavy atom. The van der Waals surface area contributed by atoms with Gasteiger partial charge in [-0.15, -0.1) is 5.10 Å². The van der Waals surface area contributed by atoms with Gasteiger partial charge in [-0.25, -0.2) is 0 Å². The number of hydrogen-bond acceptors (Lipinski definition) is 7. The van der Waals surface area contributed by atoms with Crippen molar-refractivity contribution in [3.8, 4) is 0 Å². The van der Waals surface area contributed by atoms with E-state index in [1.54, 1.807) is 6.07 Å². The van der Waals surface area contributed by atoms with Gasteiger partial charge in [0, 0.05) is 5.56 Å². The number of benzene rings is 1. The van der Waals surface area contributed by atoms with E-state index in [2.05, 4.69) is 10.3 Å². The van der Waals surface area contributed by atoms with E-state index < -0.39 is 17.9 Å². The van der Waals surface area contributed by atoms with Gasteiger partial charge in [0.2, 0.25) is 5.91 Å². The second kappa shape index (κ2) is 6.39. The number of carbonyl (C=O) groups is 2. The van der Waals surface area contributed by atoms with E-state index in [9.17, 15) is 9.59 Å². The van der Waals surface area contributed by atoms with Crippen LogP contribution in [0.4, 0.5) is 0 Å². The fraction of sp³-hybridized carbons (Fsp3) is 0.385. The minimum absolute atomic E-state index is 0.0437. The van der Waals surface area contributed by atoms with Gasteiger partial charge in [0.05, 0.1) is 0 Å². The normalized spacial score (nSPS) is 12.4. The first-order chi connectivity index (χ1) is 10.4. The quantitative estimate of drug-likeness (QED) is 0.539. The molecule has 0 spiro atoms. The highest BCUT2D eigenvalue weighted by molar-refractivity contribution is 5.96. The maximum absolute atomic E-state index is 11.6. The molecular formula is C13H17N5O4. The average molecular weight is 307 g/mol. The predicted octanol–water partition coefficient (Wildman–Crippen LogP) is -0.557. The number of fused-ring (bicyclic) bond motifs is 1. The van der Waals surface area contributed by atoms with Crippen LogP contribution in [0.5, 0.6) is 0 Å². The first-order valence-electron chi connectivity index (χ1n) is 6.61. The molecule has 1 aromatic heterocycles. The Labute approximate surface area is 126 Å². The molecule has 2 rings (SSSR count). The van der Waals surface area contributed by atoms with Crippen LogP contribution in [0.1, 0.15) is 24.2 Å². The van der Waals surface area contributed by atoms with Crippen molar-refractivity contribution >= 4 is 22.9 Å². The zero-order chi connectivity index (χ0) is 16.3. The molecule has 0 aliphatic carbocycles. The lowest BCUT2D eigenvalue weighted by Gasteiger charge is -2.14. The van der Waals surface area contributed by atoms with Gasteiger partial charge < -0.3 is 21.0 Å². The molecule has 0 aliphatic rings. The summed E-state index contributed by atoms with van der Waals surface area (Å²) in [5.74, 6) is -1.20. The van der Waals surface area contributed by atoms with Crippen LogP contribution in [0.3, 0.4) is 0 Å². The fourth-order valence-corrected chi connectivity index (χ4v) is 1.65. The van der Waals surface area contributed by atoms with Gasteiger partial charge in [-0.3, -0.25) is 9.59 Å². The zero-order valence-electron chi connectivity index (χ0n) is 12.2. The van der Waals surface area contributed by atoms with Crippen molar-refractivity contribution in [3.05, 3.63) is 23.8 Å². The molecule has 0 saturated heterocycles. The summed E-state index contributed by atoms with van der Waals surface area (Å²) >= 11 is 0.